The molecule has 3 N–H and O–H groups in total. The maximum Gasteiger partial charge on any atom is 0.236 e. The molecule has 1 aromatic rings. The Morgan fingerprint density at radius 3 is 2.47 bits per heavy atom. The Balaban J connectivity index is 0.00000324. The summed E-state index contributed by atoms with van der Waals surface area (Å²) in [4.78, 5) is 11.2. The summed E-state index contributed by atoms with van der Waals surface area (Å²) in [5.74, 6) is 0.170. The third-order valence-electron chi connectivity index (χ3n) is 2.02. The maximum absolute atomic E-state index is 11.2. The second-order valence-corrected chi connectivity index (χ2v) is 5.36. The van der Waals surface area contributed by atoms with E-state index in [4.69, 9.17) is 33.7 Å². The van der Waals surface area contributed by atoms with Gasteiger partial charge in [0.1, 0.15) is 6.61 Å². The van der Waals surface area contributed by atoms with Crippen molar-refractivity contribution in [2.24, 2.45) is 5.73 Å². The lowest BCUT2D eigenvalue weighted by Gasteiger charge is -2.11. The summed E-state index contributed by atoms with van der Waals surface area (Å²) in [5, 5.41) is 3.44. The van der Waals surface area contributed by atoms with Crippen LogP contribution < -0.4 is 15.8 Å². The molecule has 1 rings (SSSR count). The minimum atomic E-state index is -0.537. The van der Waals surface area contributed by atoms with Crippen molar-refractivity contribution in [2.75, 3.05) is 13.2 Å². The molecule has 1 amide bonds. The van der Waals surface area contributed by atoms with Gasteiger partial charge in [0.2, 0.25) is 5.91 Å². The summed E-state index contributed by atoms with van der Waals surface area (Å²) in [6, 6.07) is 2.83. The lowest BCUT2D eigenvalue weighted by molar-refractivity contribution is -0.122. The van der Waals surface area contributed by atoms with Crippen LogP contribution in [0.25, 0.3) is 0 Å². The Kier molecular flexibility index (Phi) is 8.78. The van der Waals surface area contributed by atoms with Gasteiger partial charge in [0.05, 0.1) is 22.6 Å². The molecule has 8 heteroatoms. The van der Waals surface area contributed by atoms with Gasteiger partial charge >= 0.3 is 0 Å². The van der Waals surface area contributed by atoms with E-state index in [9.17, 15) is 4.79 Å². The van der Waals surface area contributed by atoms with Gasteiger partial charge in [-0.1, -0.05) is 39.1 Å². The standard InChI is InChI=1S/C11H13BrCl2N2O2.ClH/c1-6(15)11(17)16-2-3-18-10-8(13)4-7(12)5-9(10)14;/h4-6H,2-3,15H2,1H3,(H,16,17);1H. The average molecular weight is 393 g/mol. The number of carbonyl (C=O) groups excluding carboxylic acids is 1. The van der Waals surface area contributed by atoms with Crippen LogP contribution in [0, 0.1) is 0 Å². The van der Waals surface area contributed by atoms with Gasteiger partial charge in [-0.05, 0) is 19.1 Å². The molecule has 0 aromatic heterocycles. The third kappa shape index (κ3) is 6.19. The van der Waals surface area contributed by atoms with Gasteiger partial charge in [-0.2, -0.15) is 0 Å². The molecule has 0 heterocycles. The van der Waals surface area contributed by atoms with Gasteiger partial charge in [0.25, 0.3) is 0 Å². The number of amides is 1. The van der Waals surface area contributed by atoms with Crippen LogP contribution in [0.5, 0.6) is 5.75 Å². The SMILES string of the molecule is CC(N)C(=O)NCCOc1c(Cl)cc(Br)cc1Cl.Cl. The number of nitrogens with two attached hydrogens (primary N) is 1. The van der Waals surface area contributed by atoms with Gasteiger partial charge in [-0.3, -0.25) is 4.79 Å². The number of benzene rings is 1. The van der Waals surface area contributed by atoms with Crippen molar-refractivity contribution in [2.45, 2.75) is 13.0 Å². The zero-order valence-corrected chi connectivity index (χ0v) is 14.0. The Morgan fingerprint density at radius 2 is 2.00 bits per heavy atom. The molecule has 0 aliphatic rings. The molecule has 0 aliphatic heterocycles. The summed E-state index contributed by atoms with van der Waals surface area (Å²) in [6.45, 7) is 2.21. The Hall–Kier alpha value is -0.200. The predicted molar refractivity (Wildman–Crippen MR) is 83.6 cm³/mol. The zero-order valence-electron chi connectivity index (χ0n) is 10.1. The summed E-state index contributed by atoms with van der Waals surface area (Å²) in [7, 11) is 0. The fourth-order valence-corrected chi connectivity index (χ4v) is 2.47. The number of rotatable bonds is 5. The minimum absolute atomic E-state index is 0. The third-order valence-corrected chi connectivity index (χ3v) is 3.04. The van der Waals surface area contributed by atoms with Crippen LogP contribution >= 0.6 is 51.5 Å². The molecule has 1 atom stereocenters. The van der Waals surface area contributed by atoms with Crippen molar-refractivity contribution < 1.29 is 9.53 Å². The van der Waals surface area contributed by atoms with Crippen molar-refractivity contribution >= 4 is 57.4 Å². The Morgan fingerprint density at radius 1 is 1.47 bits per heavy atom. The zero-order chi connectivity index (χ0) is 13.7. The average Bonchev–Trinajstić information content (AvgIpc) is 2.26. The highest BCUT2D eigenvalue weighted by Crippen LogP contribution is 2.35. The summed E-state index contributed by atoms with van der Waals surface area (Å²) in [5.41, 5.74) is 5.39. The molecule has 0 bridgehead atoms. The fraction of sp³-hybridized carbons (Fsp3) is 0.364. The van der Waals surface area contributed by atoms with Gasteiger partial charge < -0.3 is 15.8 Å². The molecule has 4 nitrogen and oxygen atoms in total. The molecule has 19 heavy (non-hydrogen) atoms. The van der Waals surface area contributed by atoms with Crippen LogP contribution in [0.4, 0.5) is 0 Å². The largest absolute Gasteiger partial charge is 0.489 e. The van der Waals surface area contributed by atoms with Crippen LogP contribution in [0.1, 0.15) is 6.92 Å². The Labute approximate surface area is 136 Å². The van der Waals surface area contributed by atoms with Crippen molar-refractivity contribution in [3.05, 3.63) is 26.7 Å². The molecular formula is C11H14BrCl3N2O2. The van der Waals surface area contributed by atoms with Gasteiger partial charge in [-0.15, -0.1) is 12.4 Å². The van der Waals surface area contributed by atoms with Crippen LogP contribution in [0.3, 0.4) is 0 Å². The van der Waals surface area contributed by atoms with Crippen LogP contribution in [-0.4, -0.2) is 25.1 Å². The van der Waals surface area contributed by atoms with E-state index in [1.807, 2.05) is 0 Å². The first-order valence-electron chi connectivity index (χ1n) is 5.22. The second-order valence-electron chi connectivity index (χ2n) is 3.63. The molecule has 0 saturated heterocycles. The van der Waals surface area contributed by atoms with Gasteiger partial charge in [0, 0.05) is 4.47 Å². The fourth-order valence-electron chi connectivity index (χ4n) is 1.16. The molecule has 1 unspecified atom stereocenters. The Bertz CT molecular complexity index is 421. The van der Waals surface area contributed by atoms with Crippen LogP contribution in [0.15, 0.2) is 16.6 Å². The van der Waals surface area contributed by atoms with E-state index in [0.29, 0.717) is 22.3 Å². The van der Waals surface area contributed by atoms with E-state index in [2.05, 4.69) is 21.2 Å². The molecule has 0 radical (unpaired) electrons. The van der Waals surface area contributed by atoms with E-state index in [1.54, 1.807) is 19.1 Å². The maximum atomic E-state index is 11.2. The number of halogens is 4. The van der Waals surface area contributed by atoms with E-state index < -0.39 is 6.04 Å². The molecule has 0 aliphatic carbocycles. The lowest BCUT2D eigenvalue weighted by atomic mass is 10.3. The number of hydrogen-bond acceptors (Lipinski definition) is 3. The van der Waals surface area contributed by atoms with E-state index >= 15 is 0 Å². The van der Waals surface area contributed by atoms with E-state index in [1.165, 1.54) is 0 Å². The highest BCUT2D eigenvalue weighted by Gasteiger charge is 2.10. The van der Waals surface area contributed by atoms with E-state index in [-0.39, 0.29) is 24.9 Å². The van der Waals surface area contributed by atoms with Crippen LogP contribution in [0.2, 0.25) is 10.0 Å². The van der Waals surface area contributed by atoms with Gasteiger partial charge in [-0.25, -0.2) is 0 Å². The van der Waals surface area contributed by atoms with Crippen molar-refractivity contribution in [1.82, 2.24) is 5.32 Å². The highest BCUT2D eigenvalue weighted by molar-refractivity contribution is 9.10. The highest BCUT2D eigenvalue weighted by atomic mass is 79.9. The predicted octanol–water partition coefficient (Wildman–Crippen LogP) is 3.02. The number of hydrogen-bond donors (Lipinski definition) is 2. The normalized spacial score (nSPS) is 11.4. The molecule has 108 valence electrons. The summed E-state index contributed by atoms with van der Waals surface area (Å²) in [6.07, 6.45) is 0. The first kappa shape index (κ1) is 18.8. The number of carbonyl (C=O) groups is 1. The first-order valence-corrected chi connectivity index (χ1v) is 6.77. The molecule has 1 aromatic carbocycles. The van der Waals surface area contributed by atoms with Crippen molar-refractivity contribution in [3.8, 4) is 5.75 Å². The van der Waals surface area contributed by atoms with Crippen LogP contribution in [-0.2, 0) is 4.79 Å². The lowest BCUT2D eigenvalue weighted by Crippen LogP contribution is -2.40. The molecule has 0 saturated carbocycles. The topological polar surface area (TPSA) is 64.4 Å². The quantitative estimate of drug-likeness (QED) is 0.757. The number of nitrogens with one attached hydrogen (secondary N) is 1. The molecule has 0 fully saturated rings. The van der Waals surface area contributed by atoms with E-state index in [0.717, 1.165) is 4.47 Å². The van der Waals surface area contributed by atoms with Crippen molar-refractivity contribution in [1.29, 1.82) is 0 Å². The second kappa shape index (κ2) is 8.87. The molecular weight excluding hydrogens is 378 g/mol. The molecule has 0 spiro atoms. The summed E-state index contributed by atoms with van der Waals surface area (Å²) >= 11 is 15.2. The first-order chi connectivity index (χ1) is 8.41. The summed E-state index contributed by atoms with van der Waals surface area (Å²) < 4.78 is 6.19. The van der Waals surface area contributed by atoms with Crippen molar-refractivity contribution in [3.63, 3.8) is 0 Å². The smallest absolute Gasteiger partial charge is 0.236 e. The van der Waals surface area contributed by atoms with Gasteiger partial charge in [0.15, 0.2) is 5.75 Å². The minimum Gasteiger partial charge on any atom is -0.489 e. The number of ether oxygens (including phenoxy) is 1. The monoisotopic (exact) mass is 390 g/mol.